The summed E-state index contributed by atoms with van der Waals surface area (Å²) in [7, 11) is 1.47. The Morgan fingerprint density at radius 3 is 2.93 bits per heavy atom. The van der Waals surface area contributed by atoms with Crippen LogP contribution in [-0.4, -0.2) is 57.0 Å². The van der Waals surface area contributed by atoms with E-state index in [1.54, 1.807) is 0 Å². The van der Waals surface area contributed by atoms with Crippen LogP contribution in [0.1, 0.15) is 6.23 Å². The van der Waals surface area contributed by atoms with Gasteiger partial charge in [-0.1, -0.05) is 0 Å². The summed E-state index contributed by atoms with van der Waals surface area (Å²) in [5.41, 5.74) is 0. The lowest BCUT2D eigenvalue weighted by Crippen LogP contribution is -2.34. The molecule has 2 rings (SSSR count). The fourth-order valence-electron chi connectivity index (χ4n) is 1.69. The van der Waals surface area contributed by atoms with Crippen molar-refractivity contribution in [2.75, 3.05) is 13.7 Å². The smallest absolute Gasteiger partial charge is 0.181 e. The second kappa shape index (κ2) is 4.23. The first kappa shape index (κ1) is 10.5. The molecule has 0 spiro atoms. The second-order valence-corrected chi connectivity index (χ2v) is 3.31. The minimum absolute atomic E-state index is 0.258. The molecule has 15 heavy (non-hydrogen) atoms. The molecule has 0 bridgehead atoms. The lowest BCUT2D eigenvalue weighted by atomic mass is 10.1. The number of hydrogen-bond donors (Lipinski definition) is 2. The first-order valence-corrected chi connectivity index (χ1v) is 4.59. The van der Waals surface area contributed by atoms with Gasteiger partial charge in [0.1, 0.15) is 31.0 Å². The van der Waals surface area contributed by atoms with Crippen molar-refractivity contribution < 1.29 is 19.7 Å². The van der Waals surface area contributed by atoms with E-state index in [0.29, 0.717) is 0 Å². The molecule has 84 valence electrons. The lowest BCUT2D eigenvalue weighted by Gasteiger charge is -2.17. The summed E-state index contributed by atoms with van der Waals surface area (Å²) < 4.78 is 12.0. The maximum absolute atomic E-state index is 9.75. The SMILES string of the molecule is CO[C@@H]1[C@H](O)[C@@H](CO)O[C@H]1n1cncn1. The van der Waals surface area contributed by atoms with Gasteiger partial charge in [0, 0.05) is 7.11 Å². The molecular weight excluding hydrogens is 202 g/mol. The van der Waals surface area contributed by atoms with Crippen LogP contribution in [0.4, 0.5) is 0 Å². The molecule has 0 unspecified atom stereocenters. The Bertz CT molecular complexity index is 305. The van der Waals surface area contributed by atoms with Gasteiger partial charge in [-0.05, 0) is 0 Å². The molecule has 2 N–H and O–H groups in total. The highest BCUT2D eigenvalue weighted by atomic mass is 16.6. The maximum Gasteiger partial charge on any atom is 0.181 e. The number of aliphatic hydroxyl groups is 2. The zero-order chi connectivity index (χ0) is 10.8. The molecule has 0 amide bonds. The Morgan fingerprint density at radius 1 is 1.60 bits per heavy atom. The van der Waals surface area contributed by atoms with Gasteiger partial charge in [0.25, 0.3) is 0 Å². The normalized spacial score (nSPS) is 35.9. The van der Waals surface area contributed by atoms with Crippen molar-refractivity contribution in [3.8, 4) is 0 Å². The Kier molecular flexibility index (Phi) is 2.96. The van der Waals surface area contributed by atoms with Crippen LogP contribution in [0.3, 0.4) is 0 Å². The van der Waals surface area contributed by atoms with Gasteiger partial charge in [0.05, 0.1) is 6.61 Å². The van der Waals surface area contributed by atoms with E-state index in [-0.39, 0.29) is 6.61 Å². The standard InChI is InChI=1S/C8H13N3O4/c1-14-7-6(13)5(2-12)15-8(7)11-4-9-3-10-11/h3-8,12-13H,2H2,1H3/t5-,6-,7-,8-/m1/s1. The van der Waals surface area contributed by atoms with Crippen molar-refractivity contribution in [2.24, 2.45) is 0 Å². The van der Waals surface area contributed by atoms with Crippen molar-refractivity contribution in [3.05, 3.63) is 12.7 Å². The van der Waals surface area contributed by atoms with Crippen LogP contribution < -0.4 is 0 Å². The predicted octanol–water partition coefficient (Wildman–Crippen LogP) is -1.46. The van der Waals surface area contributed by atoms with E-state index in [9.17, 15) is 5.11 Å². The molecule has 2 heterocycles. The highest BCUT2D eigenvalue weighted by Gasteiger charge is 2.45. The van der Waals surface area contributed by atoms with Gasteiger partial charge in [0.15, 0.2) is 6.23 Å². The Hall–Kier alpha value is -1.02. The van der Waals surface area contributed by atoms with E-state index in [4.69, 9.17) is 14.6 Å². The average molecular weight is 215 g/mol. The average Bonchev–Trinajstić information content (AvgIpc) is 2.84. The Morgan fingerprint density at radius 2 is 2.40 bits per heavy atom. The van der Waals surface area contributed by atoms with E-state index in [0.717, 1.165) is 0 Å². The summed E-state index contributed by atoms with van der Waals surface area (Å²) in [6, 6.07) is 0. The molecule has 1 aromatic heterocycles. The van der Waals surface area contributed by atoms with E-state index in [1.165, 1.54) is 24.4 Å². The number of nitrogens with zero attached hydrogens (tertiary/aromatic N) is 3. The molecule has 1 aliphatic heterocycles. The van der Waals surface area contributed by atoms with E-state index < -0.39 is 24.5 Å². The fraction of sp³-hybridized carbons (Fsp3) is 0.750. The number of rotatable bonds is 3. The molecule has 1 fully saturated rings. The van der Waals surface area contributed by atoms with Gasteiger partial charge >= 0.3 is 0 Å². The summed E-state index contributed by atoms with van der Waals surface area (Å²) in [5, 5.41) is 22.6. The van der Waals surface area contributed by atoms with Gasteiger partial charge in [-0.2, -0.15) is 5.10 Å². The lowest BCUT2D eigenvalue weighted by molar-refractivity contribution is -0.0665. The number of methoxy groups -OCH3 is 1. The van der Waals surface area contributed by atoms with E-state index in [1.807, 2.05) is 0 Å². The molecule has 7 nitrogen and oxygen atoms in total. The largest absolute Gasteiger partial charge is 0.394 e. The van der Waals surface area contributed by atoms with Crippen LogP contribution in [0.25, 0.3) is 0 Å². The van der Waals surface area contributed by atoms with Gasteiger partial charge in [0.2, 0.25) is 0 Å². The monoisotopic (exact) mass is 215 g/mol. The fourth-order valence-corrected chi connectivity index (χ4v) is 1.69. The van der Waals surface area contributed by atoms with Crippen LogP contribution in [-0.2, 0) is 9.47 Å². The highest BCUT2D eigenvalue weighted by Crippen LogP contribution is 2.30. The second-order valence-electron chi connectivity index (χ2n) is 3.31. The summed E-state index contributed by atoms with van der Waals surface area (Å²) in [4.78, 5) is 3.78. The zero-order valence-corrected chi connectivity index (χ0v) is 8.22. The Balaban J connectivity index is 2.18. The highest BCUT2D eigenvalue weighted by molar-refractivity contribution is 4.89. The first-order valence-electron chi connectivity index (χ1n) is 4.59. The minimum atomic E-state index is -0.866. The first-order chi connectivity index (χ1) is 7.27. The summed E-state index contributed by atoms with van der Waals surface area (Å²) in [5.74, 6) is 0. The molecule has 1 saturated heterocycles. The van der Waals surface area contributed by atoms with Gasteiger partial charge in [-0.3, -0.25) is 0 Å². The van der Waals surface area contributed by atoms with Crippen molar-refractivity contribution in [1.29, 1.82) is 0 Å². The predicted molar refractivity (Wildman–Crippen MR) is 47.8 cm³/mol. The van der Waals surface area contributed by atoms with E-state index >= 15 is 0 Å². The molecule has 0 saturated carbocycles. The third-order valence-electron chi connectivity index (χ3n) is 2.46. The van der Waals surface area contributed by atoms with Gasteiger partial charge in [-0.25, -0.2) is 9.67 Å². The summed E-state index contributed by atoms with van der Waals surface area (Å²) >= 11 is 0. The topological polar surface area (TPSA) is 89.6 Å². The molecular formula is C8H13N3O4. The maximum atomic E-state index is 9.75. The Labute approximate surface area is 86.3 Å². The van der Waals surface area contributed by atoms with Gasteiger partial charge < -0.3 is 19.7 Å². The number of aromatic nitrogens is 3. The third-order valence-corrected chi connectivity index (χ3v) is 2.46. The van der Waals surface area contributed by atoms with Crippen molar-refractivity contribution in [2.45, 2.75) is 24.5 Å². The quantitative estimate of drug-likeness (QED) is 0.640. The number of aliphatic hydroxyl groups excluding tert-OH is 2. The molecule has 0 aliphatic carbocycles. The molecule has 7 heteroatoms. The minimum Gasteiger partial charge on any atom is -0.394 e. The van der Waals surface area contributed by atoms with Crippen molar-refractivity contribution in [3.63, 3.8) is 0 Å². The molecule has 1 aliphatic rings. The third kappa shape index (κ3) is 1.74. The summed E-state index contributed by atoms with van der Waals surface area (Å²) in [6.07, 6.45) is 0.226. The van der Waals surface area contributed by atoms with Crippen LogP contribution in [0.2, 0.25) is 0 Å². The van der Waals surface area contributed by atoms with Crippen LogP contribution in [0.5, 0.6) is 0 Å². The van der Waals surface area contributed by atoms with Crippen LogP contribution >= 0.6 is 0 Å². The molecule has 4 atom stereocenters. The molecule has 1 aromatic rings. The van der Waals surface area contributed by atoms with Gasteiger partial charge in [-0.15, -0.1) is 0 Å². The van der Waals surface area contributed by atoms with Crippen molar-refractivity contribution in [1.82, 2.24) is 14.8 Å². The molecule has 0 aromatic carbocycles. The number of hydrogen-bond acceptors (Lipinski definition) is 6. The van der Waals surface area contributed by atoms with Crippen molar-refractivity contribution >= 4 is 0 Å². The zero-order valence-electron chi connectivity index (χ0n) is 8.22. The van der Waals surface area contributed by atoms with Crippen LogP contribution in [0, 0.1) is 0 Å². The van der Waals surface area contributed by atoms with Crippen LogP contribution in [0.15, 0.2) is 12.7 Å². The number of ether oxygens (including phenoxy) is 2. The molecule has 0 radical (unpaired) electrons. The van der Waals surface area contributed by atoms with E-state index in [2.05, 4.69) is 10.1 Å². The summed E-state index contributed by atoms with van der Waals surface area (Å²) in [6.45, 7) is -0.258.